The van der Waals surface area contributed by atoms with Crippen molar-refractivity contribution < 1.29 is 4.79 Å². The minimum absolute atomic E-state index is 0.297. The molecule has 4 heteroatoms. The molecule has 0 aromatic carbocycles. The Balaban J connectivity index is 1.62. The number of H-pyrrole nitrogens is 1. The van der Waals surface area contributed by atoms with Gasteiger partial charge in [-0.3, -0.25) is 9.89 Å². The maximum Gasteiger partial charge on any atom is 0.226 e. The van der Waals surface area contributed by atoms with Crippen molar-refractivity contribution in [3.05, 3.63) is 18.0 Å². The van der Waals surface area contributed by atoms with Crippen molar-refractivity contribution in [1.29, 1.82) is 0 Å². The topological polar surface area (TPSA) is 49.0 Å². The number of nitrogens with one attached hydrogen (secondary N) is 1. The van der Waals surface area contributed by atoms with Crippen LogP contribution < -0.4 is 0 Å². The second kappa shape index (κ2) is 4.17. The van der Waals surface area contributed by atoms with Crippen LogP contribution >= 0.6 is 0 Å². The van der Waals surface area contributed by atoms with Crippen LogP contribution in [0.15, 0.2) is 12.4 Å². The highest BCUT2D eigenvalue weighted by Crippen LogP contribution is 2.48. The fourth-order valence-corrected chi connectivity index (χ4v) is 3.55. The molecule has 0 radical (unpaired) electrons. The molecule has 1 amide bonds. The second-order valence-electron chi connectivity index (χ2n) is 5.58. The van der Waals surface area contributed by atoms with E-state index >= 15 is 0 Å². The van der Waals surface area contributed by atoms with E-state index in [4.69, 9.17) is 0 Å². The van der Waals surface area contributed by atoms with Crippen molar-refractivity contribution in [2.75, 3.05) is 7.05 Å². The normalized spacial score (nSPS) is 30.8. The highest BCUT2D eigenvalue weighted by Gasteiger charge is 2.43. The van der Waals surface area contributed by atoms with Crippen LogP contribution in [0.4, 0.5) is 0 Å². The monoisotopic (exact) mass is 233 g/mol. The molecule has 92 valence electrons. The average Bonchev–Trinajstić information content (AvgIpc) is 3.04. The SMILES string of the molecule is CN(Cc1cn[nH]c1)C(=O)C1CC2CCC1C2. The molecular weight excluding hydrogens is 214 g/mol. The summed E-state index contributed by atoms with van der Waals surface area (Å²) in [4.78, 5) is 14.2. The van der Waals surface area contributed by atoms with Crippen LogP contribution in [-0.4, -0.2) is 28.1 Å². The summed E-state index contributed by atoms with van der Waals surface area (Å²) in [5.41, 5.74) is 1.07. The maximum atomic E-state index is 12.4. The van der Waals surface area contributed by atoms with E-state index in [9.17, 15) is 4.79 Å². The number of fused-ring (bicyclic) bond motifs is 2. The van der Waals surface area contributed by atoms with E-state index in [0.29, 0.717) is 24.3 Å². The Hall–Kier alpha value is -1.32. The predicted octanol–water partition coefficient (Wildman–Crippen LogP) is 1.80. The van der Waals surface area contributed by atoms with Crippen molar-refractivity contribution in [3.63, 3.8) is 0 Å². The molecule has 3 unspecified atom stereocenters. The highest BCUT2D eigenvalue weighted by atomic mass is 16.2. The molecule has 2 aliphatic carbocycles. The van der Waals surface area contributed by atoms with Gasteiger partial charge in [0, 0.05) is 31.3 Å². The van der Waals surface area contributed by atoms with E-state index in [1.165, 1.54) is 19.3 Å². The van der Waals surface area contributed by atoms with E-state index in [1.54, 1.807) is 6.20 Å². The zero-order valence-electron chi connectivity index (χ0n) is 10.2. The Morgan fingerprint density at radius 1 is 1.53 bits per heavy atom. The lowest BCUT2D eigenvalue weighted by Gasteiger charge is -2.26. The smallest absolute Gasteiger partial charge is 0.226 e. The van der Waals surface area contributed by atoms with E-state index < -0.39 is 0 Å². The summed E-state index contributed by atoms with van der Waals surface area (Å²) in [6.45, 7) is 0.670. The summed E-state index contributed by atoms with van der Waals surface area (Å²) < 4.78 is 0. The van der Waals surface area contributed by atoms with Gasteiger partial charge in [0.2, 0.25) is 5.91 Å². The van der Waals surface area contributed by atoms with Crippen LogP contribution in [0.5, 0.6) is 0 Å². The molecule has 2 aliphatic rings. The number of hydrogen-bond acceptors (Lipinski definition) is 2. The van der Waals surface area contributed by atoms with Gasteiger partial charge in [0.25, 0.3) is 0 Å². The molecule has 1 heterocycles. The molecule has 17 heavy (non-hydrogen) atoms. The molecule has 4 nitrogen and oxygen atoms in total. The van der Waals surface area contributed by atoms with Gasteiger partial charge < -0.3 is 4.90 Å². The van der Waals surface area contributed by atoms with Gasteiger partial charge in [0.15, 0.2) is 0 Å². The zero-order chi connectivity index (χ0) is 11.8. The van der Waals surface area contributed by atoms with E-state index in [-0.39, 0.29) is 0 Å². The summed E-state index contributed by atoms with van der Waals surface area (Å²) in [5, 5.41) is 6.69. The Morgan fingerprint density at radius 3 is 3.00 bits per heavy atom. The van der Waals surface area contributed by atoms with Crippen molar-refractivity contribution in [2.45, 2.75) is 32.2 Å². The summed E-state index contributed by atoms with van der Waals surface area (Å²) in [7, 11) is 1.90. The van der Waals surface area contributed by atoms with Crippen molar-refractivity contribution >= 4 is 5.91 Å². The number of carbonyl (C=O) groups is 1. The molecule has 1 aromatic rings. The average molecular weight is 233 g/mol. The summed E-state index contributed by atoms with van der Waals surface area (Å²) in [5.74, 6) is 2.12. The molecule has 1 N–H and O–H groups in total. The van der Waals surface area contributed by atoms with E-state index in [0.717, 1.165) is 17.9 Å². The summed E-state index contributed by atoms with van der Waals surface area (Å²) in [6, 6.07) is 0. The van der Waals surface area contributed by atoms with Gasteiger partial charge in [0.05, 0.1) is 6.20 Å². The first kappa shape index (κ1) is 10.8. The molecular formula is C13H19N3O. The van der Waals surface area contributed by atoms with Gasteiger partial charge in [-0.1, -0.05) is 6.42 Å². The molecule has 2 bridgehead atoms. The van der Waals surface area contributed by atoms with Crippen LogP contribution in [0.3, 0.4) is 0 Å². The van der Waals surface area contributed by atoms with Gasteiger partial charge in [-0.05, 0) is 31.1 Å². The number of aromatic amines is 1. The fraction of sp³-hybridized carbons (Fsp3) is 0.692. The minimum atomic E-state index is 0.297. The Labute approximate surface area is 101 Å². The van der Waals surface area contributed by atoms with Crippen LogP contribution in [0, 0.1) is 17.8 Å². The van der Waals surface area contributed by atoms with Gasteiger partial charge in [0.1, 0.15) is 0 Å². The Kier molecular flexibility index (Phi) is 2.65. The van der Waals surface area contributed by atoms with E-state index in [1.807, 2.05) is 18.1 Å². The molecule has 3 atom stereocenters. The highest BCUT2D eigenvalue weighted by molar-refractivity contribution is 5.79. The third kappa shape index (κ3) is 1.96. The molecule has 2 fully saturated rings. The molecule has 0 spiro atoms. The van der Waals surface area contributed by atoms with Gasteiger partial charge in [-0.25, -0.2) is 0 Å². The largest absolute Gasteiger partial charge is 0.341 e. The first-order valence-corrected chi connectivity index (χ1v) is 6.46. The third-order valence-corrected chi connectivity index (χ3v) is 4.41. The number of nitrogens with zero attached hydrogens (tertiary/aromatic N) is 2. The maximum absolute atomic E-state index is 12.4. The van der Waals surface area contributed by atoms with Crippen LogP contribution in [-0.2, 0) is 11.3 Å². The van der Waals surface area contributed by atoms with Crippen LogP contribution in [0.25, 0.3) is 0 Å². The van der Waals surface area contributed by atoms with Crippen molar-refractivity contribution in [3.8, 4) is 0 Å². The first-order valence-electron chi connectivity index (χ1n) is 6.46. The van der Waals surface area contributed by atoms with Crippen LogP contribution in [0.1, 0.15) is 31.2 Å². The minimum Gasteiger partial charge on any atom is -0.341 e. The fourth-order valence-electron chi connectivity index (χ4n) is 3.55. The molecule has 0 saturated heterocycles. The molecule has 0 aliphatic heterocycles. The number of aromatic nitrogens is 2. The zero-order valence-corrected chi connectivity index (χ0v) is 10.2. The number of carbonyl (C=O) groups excluding carboxylic acids is 1. The predicted molar refractivity (Wildman–Crippen MR) is 64.0 cm³/mol. The van der Waals surface area contributed by atoms with E-state index in [2.05, 4.69) is 10.2 Å². The number of hydrogen-bond donors (Lipinski definition) is 1. The number of amides is 1. The van der Waals surface area contributed by atoms with Gasteiger partial charge in [-0.2, -0.15) is 5.10 Å². The first-order chi connectivity index (χ1) is 8.24. The number of rotatable bonds is 3. The van der Waals surface area contributed by atoms with Crippen molar-refractivity contribution in [2.24, 2.45) is 17.8 Å². The lowest BCUT2D eigenvalue weighted by Crippen LogP contribution is -2.34. The van der Waals surface area contributed by atoms with Crippen LogP contribution in [0.2, 0.25) is 0 Å². The quantitative estimate of drug-likeness (QED) is 0.865. The lowest BCUT2D eigenvalue weighted by atomic mass is 9.88. The standard InChI is InChI=1S/C13H19N3O/c1-16(8-10-6-14-15-7-10)13(17)12-5-9-2-3-11(12)4-9/h6-7,9,11-12H,2-5,8H2,1H3,(H,14,15). The second-order valence-corrected chi connectivity index (χ2v) is 5.58. The molecule has 2 saturated carbocycles. The lowest BCUT2D eigenvalue weighted by molar-refractivity contribution is -0.136. The molecule has 1 aromatic heterocycles. The Morgan fingerprint density at radius 2 is 2.41 bits per heavy atom. The Bertz CT molecular complexity index is 401. The molecule has 3 rings (SSSR count). The van der Waals surface area contributed by atoms with Gasteiger partial charge >= 0.3 is 0 Å². The summed E-state index contributed by atoms with van der Waals surface area (Å²) in [6.07, 6.45) is 8.66. The summed E-state index contributed by atoms with van der Waals surface area (Å²) >= 11 is 0. The third-order valence-electron chi connectivity index (χ3n) is 4.41. The van der Waals surface area contributed by atoms with Gasteiger partial charge in [-0.15, -0.1) is 0 Å². The van der Waals surface area contributed by atoms with Crippen molar-refractivity contribution in [1.82, 2.24) is 15.1 Å².